The number of fused-ring (bicyclic) bond motifs is 1. The van der Waals surface area contributed by atoms with Gasteiger partial charge in [-0.05, 0) is 67.6 Å². The van der Waals surface area contributed by atoms with E-state index in [2.05, 4.69) is 15.6 Å². The zero-order valence-corrected chi connectivity index (χ0v) is 20.9. The van der Waals surface area contributed by atoms with E-state index in [0.29, 0.717) is 40.9 Å². The van der Waals surface area contributed by atoms with Gasteiger partial charge in [-0.25, -0.2) is 4.98 Å². The minimum Gasteiger partial charge on any atom is -0.497 e. The molecule has 1 heterocycles. The minimum absolute atomic E-state index is 0.0373. The van der Waals surface area contributed by atoms with Crippen LogP contribution in [0.25, 0.3) is 0 Å². The molecule has 0 spiro atoms. The van der Waals surface area contributed by atoms with Crippen molar-refractivity contribution >= 4 is 28.3 Å². The highest BCUT2D eigenvalue weighted by Gasteiger charge is 2.30. The molecule has 2 aromatic carbocycles. The van der Waals surface area contributed by atoms with Gasteiger partial charge in [0.15, 0.2) is 16.6 Å². The van der Waals surface area contributed by atoms with E-state index in [1.165, 1.54) is 11.3 Å². The lowest BCUT2D eigenvalue weighted by molar-refractivity contribution is -0.122. The summed E-state index contributed by atoms with van der Waals surface area (Å²) in [5.74, 6) is 1.44. The molecule has 0 fully saturated rings. The van der Waals surface area contributed by atoms with E-state index in [1.54, 1.807) is 45.6 Å². The normalized spacial score (nSPS) is 14.5. The Morgan fingerprint density at radius 2 is 1.80 bits per heavy atom. The molecule has 3 aromatic rings. The molecular weight excluding hydrogens is 466 g/mol. The van der Waals surface area contributed by atoms with Crippen molar-refractivity contribution in [1.82, 2.24) is 10.3 Å². The van der Waals surface area contributed by atoms with Gasteiger partial charge in [0.2, 0.25) is 5.91 Å². The Labute approximate surface area is 208 Å². The zero-order chi connectivity index (χ0) is 24.8. The van der Waals surface area contributed by atoms with Gasteiger partial charge in [-0.2, -0.15) is 0 Å². The highest BCUT2D eigenvalue weighted by Crippen LogP contribution is 2.37. The molecule has 0 saturated carbocycles. The number of ether oxygens (including phenoxy) is 3. The number of benzene rings is 2. The molecule has 1 aliphatic carbocycles. The number of hydrogen-bond donors (Lipinski definition) is 2. The van der Waals surface area contributed by atoms with Gasteiger partial charge in [0.1, 0.15) is 5.75 Å². The average Bonchev–Trinajstić information content (AvgIpc) is 3.30. The van der Waals surface area contributed by atoms with Crippen molar-refractivity contribution in [1.29, 1.82) is 0 Å². The maximum Gasteiger partial charge on any atom is 0.257 e. The molecule has 4 rings (SSSR count). The lowest BCUT2D eigenvalue weighted by Crippen LogP contribution is -2.32. The topological polar surface area (TPSA) is 98.8 Å². The lowest BCUT2D eigenvalue weighted by atomic mass is 9.90. The fourth-order valence-electron chi connectivity index (χ4n) is 4.13. The third-order valence-electron chi connectivity index (χ3n) is 6.00. The van der Waals surface area contributed by atoms with Gasteiger partial charge in [-0.15, -0.1) is 11.3 Å². The highest BCUT2D eigenvalue weighted by atomic mass is 32.1. The maximum absolute atomic E-state index is 13.0. The Hall–Kier alpha value is -3.59. The van der Waals surface area contributed by atoms with Crippen molar-refractivity contribution in [2.45, 2.75) is 31.6 Å². The molecule has 0 bridgehead atoms. The quantitative estimate of drug-likeness (QED) is 0.462. The number of carbonyl (C=O) groups excluding carboxylic acids is 2. The first-order valence-corrected chi connectivity index (χ1v) is 12.3. The molecule has 1 atom stereocenters. The van der Waals surface area contributed by atoms with E-state index in [4.69, 9.17) is 14.2 Å². The third-order valence-corrected chi connectivity index (χ3v) is 7.05. The van der Waals surface area contributed by atoms with Crippen molar-refractivity contribution < 1.29 is 23.8 Å². The zero-order valence-electron chi connectivity index (χ0n) is 20.1. The molecule has 8 nitrogen and oxygen atoms in total. The minimum atomic E-state index is -0.313. The van der Waals surface area contributed by atoms with Crippen molar-refractivity contribution in [2.75, 3.05) is 33.2 Å². The van der Waals surface area contributed by atoms with Crippen LogP contribution in [-0.4, -0.2) is 44.7 Å². The first kappa shape index (κ1) is 24.5. The van der Waals surface area contributed by atoms with Crippen LogP contribution in [-0.2, 0) is 17.6 Å². The maximum atomic E-state index is 13.0. The Balaban J connectivity index is 1.37. The summed E-state index contributed by atoms with van der Waals surface area (Å²) in [6.45, 7) is 0.505. The third kappa shape index (κ3) is 5.74. The summed E-state index contributed by atoms with van der Waals surface area (Å²) < 4.78 is 15.8. The van der Waals surface area contributed by atoms with Crippen molar-refractivity contribution in [3.05, 3.63) is 64.2 Å². The van der Waals surface area contributed by atoms with Gasteiger partial charge in [0.05, 0.1) is 32.9 Å². The Kier molecular flexibility index (Phi) is 7.87. The highest BCUT2D eigenvalue weighted by molar-refractivity contribution is 7.16. The van der Waals surface area contributed by atoms with E-state index < -0.39 is 0 Å². The van der Waals surface area contributed by atoms with E-state index >= 15 is 0 Å². The summed E-state index contributed by atoms with van der Waals surface area (Å²) in [6, 6.07) is 12.6. The molecule has 0 saturated heterocycles. The lowest BCUT2D eigenvalue weighted by Gasteiger charge is -2.20. The summed E-state index contributed by atoms with van der Waals surface area (Å²) in [7, 11) is 4.79. The first-order chi connectivity index (χ1) is 17.0. The molecule has 0 aliphatic heterocycles. The van der Waals surface area contributed by atoms with E-state index in [0.717, 1.165) is 35.4 Å². The number of amides is 2. The second-order valence-corrected chi connectivity index (χ2v) is 9.27. The molecular formula is C26H29N3O5S. The first-order valence-electron chi connectivity index (χ1n) is 11.5. The Morgan fingerprint density at radius 1 is 1.03 bits per heavy atom. The number of anilines is 1. The van der Waals surface area contributed by atoms with Crippen LogP contribution in [0.15, 0.2) is 42.5 Å². The SMILES string of the molecule is COc1ccc(C(=O)Nc2nc3c(s2)CCCC3C(=O)NCCc2ccc(OC)c(OC)c2)cc1. The van der Waals surface area contributed by atoms with Crippen LogP contribution in [0.4, 0.5) is 5.13 Å². The molecule has 1 unspecified atom stereocenters. The average molecular weight is 496 g/mol. The van der Waals surface area contributed by atoms with Gasteiger partial charge in [-0.1, -0.05) is 6.07 Å². The number of carbonyl (C=O) groups is 2. The monoisotopic (exact) mass is 495 g/mol. The second kappa shape index (κ2) is 11.2. The van der Waals surface area contributed by atoms with Crippen molar-refractivity contribution in [3.8, 4) is 17.2 Å². The molecule has 184 valence electrons. The Bertz CT molecular complexity index is 1190. The van der Waals surface area contributed by atoms with Gasteiger partial charge in [-0.3, -0.25) is 14.9 Å². The number of rotatable bonds is 9. The summed E-state index contributed by atoms with van der Waals surface area (Å²) in [5.41, 5.74) is 2.34. The van der Waals surface area contributed by atoms with Crippen LogP contribution in [0, 0.1) is 0 Å². The van der Waals surface area contributed by atoms with E-state index in [1.807, 2.05) is 18.2 Å². The van der Waals surface area contributed by atoms with Gasteiger partial charge >= 0.3 is 0 Å². The summed E-state index contributed by atoms with van der Waals surface area (Å²) in [6.07, 6.45) is 3.19. The molecule has 0 radical (unpaired) electrons. The molecule has 9 heteroatoms. The number of thiazole rings is 1. The van der Waals surface area contributed by atoms with Crippen molar-refractivity contribution in [3.63, 3.8) is 0 Å². The van der Waals surface area contributed by atoms with E-state index in [9.17, 15) is 9.59 Å². The molecule has 2 amide bonds. The van der Waals surface area contributed by atoms with Crippen LogP contribution in [0.3, 0.4) is 0 Å². The van der Waals surface area contributed by atoms with Gasteiger partial charge < -0.3 is 19.5 Å². The standard InChI is InChI=1S/C26H29N3O5S/c1-32-18-10-8-17(9-11-18)24(30)29-26-28-23-19(5-4-6-22(23)35-26)25(31)27-14-13-16-7-12-20(33-2)21(15-16)34-3/h7-12,15,19H,4-6,13-14H2,1-3H3,(H,27,31)(H,28,29,30). The van der Waals surface area contributed by atoms with Crippen LogP contribution in [0.1, 0.15) is 45.3 Å². The van der Waals surface area contributed by atoms with Crippen LogP contribution in [0.2, 0.25) is 0 Å². The summed E-state index contributed by atoms with van der Waals surface area (Å²) in [4.78, 5) is 31.3. The molecule has 2 N–H and O–H groups in total. The molecule has 1 aliphatic rings. The number of hydrogen-bond acceptors (Lipinski definition) is 7. The largest absolute Gasteiger partial charge is 0.497 e. The number of nitrogens with one attached hydrogen (secondary N) is 2. The molecule has 1 aromatic heterocycles. The van der Waals surface area contributed by atoms with Crippen LogP contribution >= 0.6 is 11.3 Å². The predicted molar refractivity (Wildman–Crippen MR) is 135 cm³/mol. The number of aromatic nitrogens is 1. The van der Waals surface area contributed by atoms with Crippen LogP contribution in [0.5, 0.6) is 17.2 Å². The second-order valence-electron chi connectivity index (χ2n) is 8.19. The van der Waals surface area contributed by atoms with Gasteiger partial charge in [0.25, 0.3) is 5.91 Å². The van der Waals surface area contributed by atoms with Crippen molar-refractivity contribution in [2.24, 2.45) is 0 Å². The smallest absolute Gasteiger partial charge is 0.257 e. The number of methoxy groups -OCH3 is 3. The molecule has 35 heavy (non-hydrogen) atoms. The Morgan fingerprint density at radius 3 is 2.51 bits per heavy atom. The fourth-order valence-corrected chi connectivity index (χ4v) is 5.19. The summed E-state index contributed by atoms with van der Waals surface area (Å²) in [5, 5.41) is 6.43. The predicted octanol–water partition coefficient (Wildman–Crippen LogP) is 4.20. The van der Waals surface area contributed by atoms with Crippen LogP contribution < -0.4 is 24.8 Å². The summed E-state index contributed by atoms with van der Waals surface area (Å²) >= 11 is 1.44. The van der Waals surface area contributed by atoms with Gasteiger partial charge in [0, 0.05) is 17.0 Å². The number of aryl methyl sites for hydroxylation is 1. The van der Waals surface area contributed by atoms with E-state index in [-0.39, 0.29) is 17.7 Å². The number of nitrogens with zero attached hydrogens (tertiary/aromatic N) is 1. The fraction of sp³-hybridized carbons (Fsp3) is 0.346.